The Bertz CT molecular complexity index is 1390. The van der Waals surface area contributed by atoms with Gasteiger partial charge in [-0.2, -0.15) is 0 Å². The van der Waals surface area contributed by atoms with E-state index in [1.165, 1.54) is 0 Å². The standard InChI is InChI=1S/C32H39N3O3Si/c1-7-38-32(36)27-15-11-14-26(22-27)29-30(24-16-18-28(19-17-24)34(2)3)35(23-37-20-21-39(4,5)6)31(33-29)25-12-9-8-10-13-25/h8-19,22H,7,20-21,23H2,1-6H3. The van der Waals surface area contributed by atoms with E-state index in [2.05, 4.69) is 65.5 Å². The van der Waals surface area contributed by atoms with Gasteiger partial charge in [0.2, 0.25) is 0 Å². The zero-order chi connectivity index (χ0) is 28.0. The number of nitrogens with zero attached hydrogens (tertiary/aromatic N) is 3. The van der Waals surface area contributed by atoms with Gasteiger partial charge in [-0.15, -0.1) is 0 Å². The summed E-state index contributed by atoms with van der Waals surface area (Å²) in [5.74, 6) is 0.487. The van der Waals surface area contributed by atoms with E-state index >= 15 is 0 Å². The van der Waals surface area contributed by atoms with Gasteiger partial charge in [-0.05, 0) is 37.2 Å². The van der Waals surface area contributed by atoms with Crippen molar-refractivity contribution in [2.24, 2.45) is 0 Å². The molecule has 0 aliphatic heterocycles. The highest BCUT2D eigenvalue weighted by Crippen LogP contribution is 2.37. The Morgan fingerprint density at radius 2 is 1.59 bits per heavy atom. The Balaban J connectivity index is 1.89. The van der Waals surface area contributed by atoms with Crippen molar-refractivity contribution in [2.75, 3.05) is 32.2 Å². The number of benzene rings is 3. The summed E-state index contributed by atoms with van der Waals surface area (Å²) in [6.07, 6.45) is 0. The van der Waals surface area contributed by atoms with E-state index in [0.29, 0.717) is 25.5 Å². The number of imidazole rings is 1. The molecule has 0 amide bonds. The summed E-state index contributed by atoms with van der Waals surface area (Å²) in [6.45, 7) is 10.3. The van der Waals surface area contributed by atoms with Gasteiger partial charge in [0.25, 0.3) is 0 Å². The molecule has 204 valence electrons. The van der Waals surface area contributed by atoms with Crippen molar-refractivity contribution in [1.29, 1.82) is 0 Å². The first-order chi connectivity index (χ1) is 18.7. The third-order valence-corrected chi connectivity index (χ3v) is 8.22. The number of aromatic nitrogens is 2. The van der Waals surface area contributed by atoms with Crippen molar-refractivity contribution >= 4 is 19.7 Å². The van der Waals surface area contributed by atoms with Crippen LogP contribution in [0.3, 0.4) is 0 Å². The number of ether oxygens (including phenoxy) is 2. The molecule has 0 bridgehead atoms. The second-order valence-corrected chi connectivity index (χ2v) is 16.6. The van der Waals surface area contributed by atoms with Crippen LogP contribution in [0.2, 0.25) is 25.7 Å². The molecule has 1 heterocycles. The summed E-state index contributed by atoms with van der Waals surface area (Å²) in [5.41, 5.74) is 6.26. The molecule has 0 N–H and O–H groups in total. The van der Waals surface area contributed by atoms with Gasteiger partial charge in [-0.3, -0.25) is 4.57 Å². The topological polar surface area (TPSA) is 56.6 Å². The van der Waals surface area contributed by atoms with Crippen LogP contribution in [-0.2, 0) is 16.2 Å². The lowest BCUT2D eigenvalue weighted by atomic mass is 10.0. The summed E-state index contributed by atoms with van der Waals surface area (Å²) in [5, 5.41) is 0. The van der Waals surface area contributed by atoms with E-state index in [9.17, 15) is 4.79 Å². The minimum atomic E-state index is -1.24. The van der Waals surface area contributed by atoms with E-state index < -0.39 is 8.07 Å². The molecule has 0 aliphatic rings. The molecular weight excluding hydrogens is 502 g/mol. The summed E-state index contributed by atoms with van der Waals surface area (Å²) in [4.78, 5) is 19.8. The molecule has 0 saturated carbocycles. The van der Waals surface area contributed by atoms with Gasteiger partial charge in [0.15, 0.2) is 0 Å². The average Bonchev–Trinajstić information content (AvgIpc) is 3.31. The van der Waals surface area contributed by atoms with Gasteiger partial charge in [0, 0.05) is 51.2 Å². The number of hydrogen-bond donors (Lipinski definition) is 0. The van der Waals surface area contributed by atoms with Gasteiger partial charge < -0.3 is 14.4 Å². The van der Waals surface area contributed by atoms with Crippen molar-refractivity contribution in [1.82, 2.24) is 9.55 Å². The normalized spacial score (nSPS) is 11.4. The number of hydrogen-bond acceptors (Lipinski definition) is 5. The maximum Gasteiger partial charge on any atom is 0.338 e. The largest absolute Gasteiger partial charge is 0.462 e. The predicted molar refractivity (Wildman–Crippen MR) is 163 cm³/mol. The van der Waals surface area contributed by atoms with E-state index in [4.69, 9.17) is 14.5 Å². The van der Waals surface area contributed by atoms with E-state index in [0.717, 1.165) is 45.6 Å². The summed E-state index contributed by atoms with van der Waals surface area (Å²) in [6, 6.07) is 27.3. The van der Waals surface area contributed by atoms with E-state index in [1.807, 2.05) is 57.4 Å². The summed E-state index contributed by atoms with van der Waals surface area (Å²) < 4.78 is 13.7. The third kappa shape index (κ3) is 7.05. The number of anilines is 1. The van der Waals surface area contributed by atoms with Crippen molar-refractivity contribution < 1.29 is 14.3 Å². The van der Waals surface area contributed by atoms with Gasteiger partial charge in [-0.1, -0.05) is 74.2 Å². The maximum atomic E-state index is 12.6. The maximum absolute atomic E-state index is 12.6. The Labute approximate surface area is 233 Å². The number of carbonyl (C=O) groups excluding carboxylic acids is 1. The highest BCUT2D eigenvalue weighted by molar-refractivity contribution is 6.76. The van der Waals surface area contributed by atoms with E-state index in [-0.39, 0.29) is 5.97 Å². The predicted octanol–water partition coefficient (Wildman–Crippen LogP) is 7.44. The van der Waals surface area contributed by atoms with Crippen LogP contribution in [0.15, 0.2) is 78.9 Å². The van der Waals surface area contributed by atoms with Crippen molar-refractivity contribution in [3.05, 3.63) is 84.4 Å². The molecule has 6 nitrogen and oxygen atoms in total. The van der Waals surface area contributed by atoms with Gasteiger partial charge in [-0.25, -0.2) is 9.78 Å². The number of esters is 1. The fourth-order valence-corrected chi connectivity index (χ4v) is 5.10. The first-order valence-electron chi connectivity index (χ1n) is 13.5. The lowest BCUT2D eigenvalue weighted by molar-refractivity contribution is 0.0526. The van der Waals surface area contributed by atoms with Crippen LogP contribution in [-0.4, -0.2) is 50.9 Å². The van der Waals surface area contributed by atoms with Crippen LogP contribution in [0.5, 0.6) is 0 Å². The van der Waals surface area contributed by atoms with Crippen LogP contribution in [0.1, 0.15) is 17.3 Å². The molecule has 3 aromatic carbocycles. The van der Waals surface area contributed by atoms with Crippen LogP contribution in [0.25, 0.3) is 33.9 Å². The molecule has 1 aromatic heterocycles. The molecule has 0 unspecified atom stereocenters. The molecule has 0 radical (unpaired) electrons. The van der Waals surface area contributed by atoms with Crippen molar-refractivity contribution in [3.8, 4) is 33.9 Å². The Morgan fingerprint density at radius 1 is 0.897 bits per heavy atom. The minimum absolute atomic E-state index is 0.327. The number of carbonyl (C=O) groups is 1. The average molecular weight is 542 g/mol. The molecule has 7 heteroatoms. The first kappa shape index (κ1) is 28.3. The quantitative estimate of drug-likeness (QED) is 0.112. The van der Waals surface area contributed by atoms with Gasteiger partial charge in [0.1, 0.15) is 12.6 Å². The van der Waals surface area contributed by atoms with Crippen molar-refractivity contribution in [3.63, 3.8) is 0 Å². The highest BCUT2D eigenvalue weighted by Gasteiger charge is 2.23. The molecular formula is C32H39N3O3Si. The molecule has 0 saturated heterocycles. The van der Waals surface area contributed by atoms with Crippen LogP contribution in [0.4, 0.5) is 5.69 Å². The summed E-state index contributed by atoms with van der Waals surface area (Å²) >= 11 is 0. The molecule has 0 fully saturated rings. The second-order valence-electron chi connectivity index (χ2n) is 11.0. The van der Waals surface area contributed by atoms with Crippen molar-refractivity contribution in [2.45, 2.75) is 39.3 Å². The number of rotatable bonds is 11. The molecule has 0 aliphatic carbocycles. The molecule has 0 atom stereocenters. The molecule has 39 heavy (non-hydrogen) atoms. The third-order valence-electron chi connectivity index (χ3n) is 6.52. The second kappa shape index (κ2) is 12.4. The molecule has 0 spiro atoms. The van der Waals surface area contributed by atoms with Crippen LogP contribution in [0, 0.1) is 0 Å². The Morgan fingerprint density at radius 3 is 2.23 bits per heavy atom. The minimum Gasteiger partial charge on any atom is -0.462 e. The molecule has 4 rings (SSSR count). The Kier molecular flexibility index (Phi) is 9.04. The SMILES string of the molecule is CCOC(=O)c1cccc(-c2nc(-c3ccccc3)n(COCC[Si](C)(C)C)c2-c2ccc(N(C)C)cc2)c1. The van der Waals surface area contributed by atoms with Gasteiger partial charge in [0.05, 0.1) is 23.6 Å². The lowest BCUT2D eigenvalue weighted by Crippen LogP contribution is -2.22. The van der Waals surface area contributed by atoms with Crippen LogP contribution >= 0.6 is 0 Å². The smallest absolute Gasteiger partial charge is 0.338 e. The highest BCUT2D eigenvalue weighted by atomic mass is 28.3. The monoisotopic (exact) mass is 541 g/mol. The zero-order valence-electron chi connectivity index (χ0n) is 23.9. The van der Waals surface area contributed by atoms with E-state index in [1.54, 1.807) is 6.07 Å². The first-order valence-corrected chi connectivity index (χ1v) is 17.2. The summed E-state index contributed by atoms with van der Waals surface area (Å²) in [7, 11) is 2.83. The lowest BCUT2D eigenvalue weighted by Gasteiger charge is -2.18. The van der Waals surface area contributed by atoms with Gasteiger partial charge >= 0.3 is 5.97 Å². The zero-order valence-corrected chi connectivity index (χ0v) is 24.9. The fourth-order valence-electron chi connectivity index (χ4n) is 4.34. The Hall–Kier alpha value is -3.68. The fraction of sp³-hybridized carbons (Fsp3) is 0.312. The molecule has 4 aromatic rings. The van der Waals surface area contributed by atoms with Crippen LogP contribution < -0.4 is 4.90 Å².